The van der Waals surface area contributed by atoms with Crippen LogP contribution >= 0.6 is 0 Å². The lowest BCUT2D eigenvalue weighted by Gasteiger charge is -2.33. The average Bonchev–Trinajstić information content (AvgIpc) is 2.62. The zero-order valence-electron chi connectivity index (χ0n) is 14.7. The SMILES string of the molecule is CCN(CC)CCC(=O)N1CCC[C@H](c2ccc(C(=O)O)cc2)C1. The topological polar surface area (TPSA) is 60.9 Å². The molecule has 0 aliphatic carbocycles. The molecule has 0 unspecified atom stereocenters. The summed E-state index contributed by atoms with van der Waals surface area (Å²) in [6, 6.07) is 7.08. The molecule has 0 saturated carbocycles. The summed E-state index contributed by atoms with van der Waals surface area (Å²) in [7, 11) is 0. The first kappa shape index (κ1) is 18.5. The second-order valence-electron chi connectivity index (χ2n) is 6.38. The van der Waals surface area contributed by atoms with Gasteiger partial charge >= 0.3 is 5.97 Å². The van der Waals surface area contributed by atoms with Gasteiger partial charge in [-0.25, -0.2) is 4.79 Å². The van der Waals surface area contributed by atoms with Crippen molar-refractivity contribution in [1.29, 1.82) is 0 Å². The van der Waals surface area contributed by atoms with Gasteiger partial charge in [0.25, 0.3) is 0 Å². The van der Waals surface area contributed by atoms with Crippen LogP contribution in [0.15, 0.2) is 24.3 Å². The second kappa shape index (κ2) is 8.83. The number of carboxylic acid groups (broad SMARTS) is 1. The highest BCUT2D eigenvalue weighted by Gasteiger charge is 2.24. The minimum absolute atomic E-state index is 0.230. The fourth-order valence-corrected chi connectivity index (χ4v) is 3.33. The standard InChI is InChI=1S/C19H28N2O3/c1-3-20(4-2)13-11-18(22)21-12-5-6-17(14-21)15-7-9-16(10-8-15)19(23)24/h7-10,17H,3-6,11-14H2,1-2H3,(H,23,24)/t17-/m0/s1. The summed E-state index contributed by atoms with van der Waals surface area (Å²) in [5, 5.41) is 8.99. The highest BCUT2D eigenvalue weighted by molar-refractivity contribution is 5.87. The Balaban J connectivity index is 1.93. The number of benzene rings is 1. The molecule has 1 aromatic carbocycles. The van der Waals surface area contributed by atoms with E-state index in [9.17, 15) is 9.59 Å². The number of amides is 1. The van der Waals surface area contributed by atoms with Crippen LogP contribution in [0.5, 0.6) is 0 Å². The normalized spacial score (nSPS) is 18.0. The van der Waals surface area contributed by atoms with E-state index in [-0.39, 0.29) is 5.91 Å². The number of likely N-dealkylation sites (tertiary alicyclic amines) is 1. The van der Waals surface area contributed by atoms with Gasteiger partial charge in [-0.15, -0.1) is 0 Å². The van der Waals surface area contributed by atoms with Crippen LogP contribution in [-0.2, 0) is 4.79 Å². The highest BCUT2D eigenvalue weighted by atomic mass is 16.4. The molecular weight excluding hydrogens is 304 g/mol. The van der Waals surface area contributed by atoms with Crippen molar-refractivity contribution in [2.75, 3.05) is 32.7 Å². The van der Waals surface area contributed by atoms with Crippen molar-refractivity contribution in [3.05, 3.63) is 35.4 Å². The largest absolute Gasteiger partial charge is 0.478 e. The van der Waals surface area contributed by atoms with Crippen LogP contribution in [0.3, 0.4) is 0 Å². The molecule has 5 heteroatoms. The Bertz CT molecular complexity index is 552. The van der Waals surface area contributed by atoms with E-state index in [1.54, 1.807) is 12.1 Å². The van der Waals surface area contributed by atoms with E-state index < -0.39 is 5.97 Å². The third-order valence-electron chi connectivity index (χ3n) is 4.94. The maximum atomic E-state index is 12.5. The van der Waals surface area contributed by atoms with Crippen LogP contribution in [0, 0.1) is 0 Å². The van der Waals surface area contributed by atoms with Crippen molar-refractivity contribution in [3.63, 3.8) is 0 Å². The first-order valence-corrected chi connectivity index (χ1v) is 8.88. The van der Waals surface area contributed by atoms with Crippen LogP contribution in [0.25, 0.3) is 0 Å². The Morgan fingerprint density at radius 1 is 1.21 bits per heavy atom. The molecule has 1 amide bonds. The molecule has 24 heavy (non-hydrogen) atoms. The van der Waals surface area contributed by atoms with E-state index in [0.29, 0.717) is 17.9 Å². The number of hydrogen-bond donors (Lipinski definition) is 1. The summed E-state index contributed by atoms with van der Waals surface area (Å²) in [5.74, 6) is -0.369. The van der Waals surface area contributed by atoms with Gasteiger partial charge in [0, 0.05) is 32.0 Å². The first-order valence-electron chi connectivity index (χ1n) is 8.88. The van der Waals surface area contributed by atoms with Crippen LogP contribution in [0.4, 0.5) is 0 Å². The summed E-state index contributed by atoms with van der Waals surface area (Å²) in [4.78, 5) is 27.7. The zero-order valence-corrected chi connectivity index (χ0v) is 14.7. The number of carbonyl (C=O) groups excluding carboxylic acids is 1. The lowest BCUT2D eigenvalue weighted by molar-refractivity contribution is -0.132. The van der Waals surface area contributed by atoms with Gasteiger partial charge in [-0.2, -0.15) is 0 Å². The van der Waals surface area contributed by atoms with E-state index in [2.05, 4.69) is 18.7 Å². The zero-order chi connectivity index (χ0) is 17.5. The van der Waals surface area contributed by atoms with Crippen LogP contribution in [-0.4, -0.2) is 59.5 Å². The third-order valence-corrected chi connectivity index (χ3v) is 4.94. The van der Waals surface area contributed by atoms with Crippen molar-refractivity contribution in [3.8, 4) is 0 Å². The van der Waals surface area contributed by atoms with Crippen LogP contribution in [0.2, 0.25) is 0 Å². The van der Waals surface area contributed by atoms with Gasteiger partial charge in [0.1, 0.15) is 0 Å². The fraction of sp³-hybridized carbons (Fsp3) is 0.579. The smallest absolute Gasteiger partial charge is 0.335 e. The number of carboxylic acids is 1. The third kappa shape index (κ3) is 4.81. The molecule has 0 spiro atoms. The predicted octanol–water partition coefficient (Wildman–Crippen LogP) is 2.82. The maximum Gasteiger partial charge on any atom is 0.335 e. The first-order chi connectivity index (χ1) is 11.5. The van der Waals surface area contributed by atoms with Gasteiger partial charge in [0.15, 0.2) is 0 Å². The van der Waals surface area contributed by atoms with E-state index in [1.165, 1.54) is 0 Å². The molecule has 1 aliphatic rings. The number of aromatic carboxylic acids is 1. The van der Waals surface area contributed by atoms with Crippen molar-refractivity contribution >= 4 is 11.9 Å². The van der Waals surface area contributed by atoms with Crippen LogP contribution in [0.1, 0.15) is 54.9 Å². The Labute approximate surface area is 144 Å². The predicted molar refractivity (Wildman–Crippen MR) is 94.4 cm³/mol. The van der Waals surface area contributed by atoms with E-state index >= 15 is 0 Å². The molecule has 1 aromatic rings. The molecule has 1 aliphatic heterocycles. The van der Waals surface area contributed by atoms with Gasteiger partial charge in [0.2, 0.25) is 5.91 Å². The summed E-state index contributed by atoms with van der Waals surface area (Å²) >= 11 is 0. The molecule has 5 nitrogen and oxygen atoms in total. The Morgan fingerprint density at radius 2 is 1.88 bits per heavy atom. The summed E-state index contributed by atoms with van der Waals surface area (Å²) in [6.07, 6.45) is 2.63. The lowest BCUT2D eigenvalue weighted by atomic mass is 9.90. The van der Waals surface area contributed by atoms with Crippen molar-refractivity contribution < 1.29 is 14.7 Å². The molecular formula is C19H28N2O3. The summed E-state index contributed by atoms with van der Waals surface area (Å²) < 4.78 is 0. The molecule has 1 heterocycles. The molecule has 0 bridgehead atoms. The van der Waals surface area contributed by atoms with Crippen molar-refractivity contribution in [1.82, 2.24) is 9.80 Å². The van der Waals surface area contributed by atoms with Gasteiger partial charge < -0.3 is 14.9 Å². The Hall–Kier alpha value is -1.88. The minimum atomic E-state index is -0.904. The number of nitrogens with zero attached hydrogens (tertiary/aromatic N) is 2. The highest BCUT2D eigenvalue weighted by Crippen LogP contribution is 2.27. The molecule has 1 N–H and O–H groups in total. The average molecular weight is 332 g/mol. The molecule has 1 saturated heterocycles. The van der Waals surface area contributed by atoms with Gasteiger partial charge in [-0.05, 0) is 43.6 Å². The molecule has 0 radical (unpaired) electrons. The van der Waals surface area contributed by atoms with E-state index in [4.69, 9.17) is 5.11 Å². The summed E-state index contributed by atoms with van der Waals surface area (Å²) in [6.45, 7) is 8.58. The van der Waals surface area contributed by atoms with Crippen molar-refractivity contribution in [2.45, 2.75) is 39.0 Å². The molecule has 0 aromatic heterocycles. The quantitative estimate of drug-likeness (QED) is 0.834. The van der Waals surface area contributed by atoms with E-state index in [1.807, 2.05) is 17.0 Å². The van der Waals surface area contributed by atoms with Gasteiger partial charge in [-0.1, -0.05) is 26.0 Å². The number of carbonyl (C=O) groups is 2. The molecule has 1 fully saturated rings. The molecule has 1 atom stereocenters. The molecule has 132 valence electrons. The Morgan fingerprint density at radius 3 is 2.46 bits per heavy atom. The van der Waals surface area contributed by atoms with E-state index in [0.717, 1.165) is 51.1 Å². The van der Waals surface area contributed by atoms with Gasteiger partial charge in [-0.3, -0.25) is 4.79 Å². The maximum absolute atomic E-state index is 12.5. The Kier molecular flexibility index (Phi) is 6.79. The van der Waals surface area contributed by atoms with Gasteiger partial charge in [0.05, 0.1) is 5.56 Å². The van der Waals surface area contributed by atoms with Crippen molar-refractivity contribution in [2.24, 2.45) is 0 Å². The fourth-order valence-electron chi connectivity index (χ4n) is 3.33. The summed E-state index contributed by atoms with van der Waals surface area (Å²) in [5.41, 5.74) is 1.43. The monoisotopic (exact) mass is 332 g/mol. The number of piperidine rings is 1. The van der Waals surface area contributed by atoms with Crippen LogP contribution < -0.4 is 0 Å². The number of rotatable bonds is 7. The lowest BCUT2D eigenvalue weighted by Crippen LogP contribution is -2.40. The molecule has 2 rings (SSSR count). The minimum Gasteiger partial charge on any atom is -0.478 e. The number of hydrogen-bond acceptors (Lipinski definition) is 3. The second-order valence-corrected chi connectivity index (χ2v) is 6.38.